The molecule has 66 valence electrons. The first kappa shape index (κ1) is 7.84. The Morgan fingerprint density at radius 3 is 3.00 bits per heavy atom. The first-order valence-corrected chi connectivity index (χ1v) is 4.72. The summed E-state index contributed by atoms with van der Waals surface area (Å²) in [4.78, 5) is 11.1. The van der Waals surface area contributed by atoms with Gasteiger partial charge in [0.2, 0.25) is 5.91 Å². The van der Waals surface area contributed by atoms with Crippen molar-refractivity contribution in [3.8, 4) is 0 Å². The molecule has 0 spiro atoms. The maximum Gasteiger partial charge on any atom is 0.220 e. The summed E-state index contributed by atoms with van der Waals surface area (Å²) in [5.74, 6) is 0.924. The van der Waals surface area contributed by atoms with Crippen molar-refractivity contribution in [1.82, 2.24) is 5.32 Å². The normalized spacial score (nSPS) is 35.7. The van der Waals surface area contributed by atoms with Gasteiger partial charge in [0, 0.05) is 12.5 Å². The van der Waals surface area contributed by atoms with Gasteiger partial charge in [0.1, 0.15) is 0 Å². The lowest BCUT2D eigenvalue weighted by Gasteiger charge is -2.36. The second kappa shape index (κ2) is 2.92. The van der Waals surface area contributed by atoms with E-state index in [0.717, 1.165) is 25.7 Å². The van der Waals surface area contributed by atoms with E-state index in [1.807, 2.05) is 0 Å². The number of piperidine rings is 1. The van der Waals surface area contributed by atoms with Gasteiger partial charge in [0.25, 0.3) is 0 Å². The SMILES string of the molecule is C=C1CCC2NC(=O)CCC2C1. The van der Waals surface area contributed by atoms with Gasteiger partial charge in [-0.25, -0.2) is 0 Å². The summed E-state index contributed by atoms with van der Waals surface area (Å²) in [6, 6.07) is 0.455. The van der Waals surface area contributed by atoms with Gasteiger partial charge in [-0.15, -0.1) is 0 Å². The third kappa shape index (κ3) is 1.38. The van der Waals surface area contributed by atoms with E-state index in [0.29, 0.717) is 18.4 Å². The molecule has 2 heteroatoms. The Labute approximate surface area is 73.0 Å². The predicted molar refractivity (Wildman–Crippen MR) is 47.6 cm³/mol. The molecule has 0 bridgehead atoms. The number of carbonyl (C=O) groups is 1. The number of hydrogen-bond donors (Lipinski definition) is 1. The summed E-state index contributed by atoms with van der Waals surface area (Å²) in [5, 5.41) is 3.06. The molecular formula is C10H15NO. The van der Waals surface area contributed by atoms with Gasteiger partial charge in [-0.2, -0.15) is 0 Å². The smallest absolute Gasteiger partial charge is 0.220 e. The fourth-order valence-electron chi connectivity index (χ4n) is 2.30. The predicted octanol–water partition coefficient (Wildman–Crippen LogP) is 1.62. The summed E-state index contributed by atoms with van der Waals surface area (Å²) in [7, 11) is 0. The van der Waals surface area contributed by atoms with Gasteiger partial charge in [-0.1, -0.05) is 12.2 Å². The molecule has 0 aromatic heterocycles. The van der Waals surface area contributed by atoms with Crippen molar-refractivity contribution in [2.24, 2.45) is 5.92 Å². The van der Waals surface area contributed by atoms with Crippen LogP contribution in [0.25, 0.3) is 0 Å². The van der Waals surface area contributed by atoms with Gasteiger partial charge < -0.3 is 5.32 Å². The Kier molecular flexibility index (Phi) is 1.91. The summed E-state index contributed by atoms with van der Waals surface area (Å²) < 4.78 is 0. The Hall–Kier alpha value is -0.790. The number of hydrogen-bond acceptors (Lipinski definition) is 1. The minimum Gasteiger partial charge on any atom is -0.353 e. The van der Waals surface area contributed by atoms with E-state index in [-0.39, 0.29) is 5.91 Å². The van der Waals surface area contributed by atoms with Crippen LogP contribution < -0.4 is 5.32 Å². The van der Waals surface area contributed by atoms with Crippen molar-refractivity contribution in [2.75, 3.05) is 0 Å². The lowest BCUT2D eigenvalue weighted by Crippen LogP contribution is -2.46. The zero-order chi connectivity index (χ0) is 8.55. The van der Waals surface area contributed by atoms with Gasteiger partial charge in [0.15, 0.2) is 0 Å². The Morgan fingerprint density at radius 1 is 1.33 bits per heavy atom. The van der Waals surface area contributed by atoms with Crippen LogP contribution in [0.15, 0.2) is 12.2 Å². The van der Waals surface area contributed by atoms with Gasteiger partial charge in [-0.05, 0) is 31.6 Å². The number of allylic oxidation sites excluding steroid dienone is 1. The number of amides is 1. The van der Waals surface area contributed by atoms with Crippen molar-refractivity contribution in [3.63, 3.8) is 0 Å². The molecule has 2 unspecified atom stereocenters. The van der Waals surface area contributed by atoms with Crippen LogP contribution in [0.4, 0.5) is 0 Å². The van der Waals surface area contributed by atoms with Crippen LogP contribution in [0.2, 0.25) is 0 Å². The molecule has 1 amide bonds. The molecule has 0 aromatic rings. The second-order valence-corrected chi connectivity index (χ2v) is 3.97. The van der Waals surface area contributed by atoms with Gasteiger partial charge in [-0.3, -0.25) is 4.79 Å². The zero-order valence-corrected chi connectivity index (χ0v) is 7.31. The third-order valence-corrected chi connectivity index (χ3v) is 3.02. The number of fused-ring (bicyclic) bond motifs is 1. The van der Waals surface area contributed by atoms with E-state index in [2.05, 4.69) is 11.9 Å². The van der Waals surface area contributed by atoms with Crippen molar-refractivity contribution >= 4 is 5.91 Å². The third-order valence-electron chi connectivity index (χ3n) is 3.02. The van der Waals surface area contributed by atoms with Crippen LogP contribution in [-0.4, -0.2) is 11.9 Å². The van der Waals surface area contributed by atoms with E-state index in [4.69, 9.17) is 0 Å². The average molecular weight is 165 g/mol. The van der Waals surface area contributed by atoms with Crippen molar-refractivity contribution < 1.29 is 4.79 Å². The highest BCUT2D eigenvalue weighted by atomic mass is 16.1. The summed E-state index contributed by atoms with van der Waals surface area (Å²) in [6.07, 6.45) is 5.12. The molecule has 0 radical (unpaired) electrons. The number of carbonyl (C=O) groups excluding carboxylic acids is 1. The molecule has 2 nitrogen and oxygen atoms in total. The summed E-state index contributed by atoms with van der Waals surface area (Å²) in [6.45, 7) is 4.01. The van der Waals surface area contributed by atoms with E-state index in [1.165, 1.54) is 5.57 Å². The highest BCUT2D eigenvalue weighted by molar-refractivity contribution is 5.77. The molecular weight excluding hydrogens is 150 g/mol. The molecule has 2 atom stereocenters. The molecule has 1 aliphatic carbocycles. The zero-order valence-electron chi connectivity index (χ0n) is 7.31. The van der Waals surface area contributed by atoms with Crippen LogP contribution in [0, 0.1) is 5.92 Å². The first-order chi connectivity index (χ1) is 5.75. The monoisotopic (exact) mass is 165 g/mol. The van der Waals surface area contributed by atoms with Crippen LogP contribution >= 0.6 is 0 Å². The van der Waals surface area contributed by atoms with Gasteiger partial charge >= 0.3 is 0 Å². The number of nitrogens with one attached hydrogen (secondary N) is 1. The largest absolute Gasteiger partial charge is 0.353 e. The molecule has 2 aliphatic rings. The lowest BCUT2D eigenvalue weighted by atomic mass is 9.77. The average Bonchev–Trinajstić information content (AvgIpc) is 2.05. The fraction of sp³-hybridized carbons (Fsp3) is 0.700. The molecule has 2 rings (SSSR count). The van der Waals surface area contributed by atoms with Crippen molar-refractivity contribution in [3.05, 3.63) is 12.2 Å². The lowest BCUT2D eigenvalue weighted by molar-refractivity contribution is -0.124. The van der Waals surface area contributed by atoms with Gasteiger partial charge in [0.05, 0.1) is 0 Å². The standard InChI is InChI=1S/C10H15NO/c1-7-2-4-9-8(6-7)3-5-10(12)11-9/h8-9H,1-6H2,(H,11,12). The molecule has 1 aliphatic heterocycles. The van der Waals surface area contributed by atoms with E-state index in [1.54, 1.807) is 0 Å². The maximum absolute atomic E-state index is 11.1. The Morgan fingerprint density at radius 2 is 2.17 bits per heavy atom. The van der Waals surface area contributed by atoms with Crippen LogP contribution in [0.3, 0.4) is 0 Å². The molecule has 1 N–H and O–H groups in total. The summed E-state index contributed by atoms with van der Waals surface area (Å²) >= 11 is 0. The van der Waals surface area contributed by atoms with Crippen LogP contribution in [-0.2, 0) is 4.79 Å². The van der Waals surface area contributed by atoms with E-state index in [9.17, 15) is 4.79 Å². The quantitative estimate of drug-likeness (QED) is 0.543. The molecule has 12 heavy (non-hydrogen) atoms. The molecule has 2 fully saturated rings. The van der Waals surface area contributed by atoms with Crippen molar-refractivity contribution in [1.29, 1.82) is 0 Å². The van der Waals surface area contributed by atoms with Crippen LogP contribution in [0.1, 0.15) is 32.1 Å². The highest BCUT2D eigenvalue weighted by Crippen LogP contribution is 2.32. The van der Waals surface area contributed by atoms with E-state index < -0.39 is 0 Å². The molecule has 0 aromatic carbocycles. The molecule has 1 saturated carbocycles. The summed E-state index contributed by atoms with van der Waals surface area (Å²) in [5.41, 5.74) is 1.37. The topological polar surface area (TPSA) is 29.1 Å². The first-order valence-electron chi connectivity index (χ1n) is 4.72. The minimum atomic E-state index is 0.240. The molecule has 1 heterocycles. The maximum atomic E-state index is 11.1. The fourth-order valence-corrected chi connectivity index (χ4v) is 2.30. The van der Waals surface area contributed by atoms with Crippen LogP contribution in [0.5, 0.6) is 0 Å². The van der Waals surface area contributed by atoms with Crippen molar-refractivity contribution in [2.45, 2.75) is 38.1 Å². The highest BCUT2D eigenvalue weighted by Gasteiger charge is 2.31. The number of rotatable bonds is 0. The van der Waals surface area contributed by atoms with E-state index >= 15 is 0 Å². The minimum absolute atomic E-state index is 0.240. The second-order valence-electron chi connectivity index (χ2n) is 3.97. The Bertz CT molecular complexity index is 198. The Balaban J connectivity index is 2.02. The molecule has 1 saturated heterocycles.